The van der Waals surface area contributed by atoms with Gasteiger partial charge in [-0.1, -0.05) is 43.7 Å². The molecule has 2 rings (SSSR count). The van der Waals surface area contributed by atoms with Gasteiger partial charge in [-0.3, -0.25) is 0 Å². The molecular weight excluding hydrogens is 214 g/mol. The molecule has 1 N–H and O–H groups in total. The molecule has 1 aliphatic heterocycles. The van der Waals surface area contributed by atoms with E-state index in [0.717, 1.165) is 0 Å². The first kappa shape index (κ1) is 12.0. The summed E-state index contributed by atoms with van der Waals surface area (Å²) >= 11 is 2.10. The predicted octanol–water partition coefficient (Wildman–Crippen LogP) is 3.54. The summed E-state index contributed by atoms with van der Waals surface area (Å²) in [7, 11) is 0. The molecule has 1 saturated heterocycles. The van der Waals surface area contributed by atoms with Crippen LogP contribution in [-0.4, -0.2) is 17.0 Å². The average Bonchev–Trinajstić information content (AvgIpc) is 2.31. The van der Waals surface area contributed by atoms with Crippen molar-refractivity contribution in [2.45, 2.75) is 44.5 Å². The number of nitrogens with one attached hydrogen (secondary N) is 1. The fourth-order valence-electron chi connectivity index (χ4n) is 2.18. The number of hydrogen-bond acceptors (Lipinski definition) is 2. The Hall–Kier alpha value is -0.470. The van der Waals surface area contributed by atoms with Crippen LogP contribution < -0.4 is 5.32 Å². The van der Waals surface area contributed by atoms with Gasteiger partial charge in [0.1, 0.15) is 0 Å². The predicted molar refractivity (Wildman–Crippen MR) is 73.1 cm³/mol. The van der Waals surface area contributed by atoms with E-state index in [1.807, 2.05) is 0 Å². The van der Waals surface area contributed by atoms with Crippen molar-refractivity contribution in [3.8, 4) is 0 Å². The molecular formula is C14H21NS. The summed E-state index contributed by atoms with van der Waals surface area (Å²) in [5.41, 5.74) is 2.77. The summed E-state index contributed by atoms with van der Waals surface area (Å²) in [4.78, 5) is 0. The molecule has 88 valence electrons. The highest BCUT2D eigenvalue weighted by Crippen LogP contribution is 2.32. The van der Waals surface area contributed by atoms with Crippen molar-refractivity contribution in [1.82, 2.24) is 5.32 Å². The molecule has 1 aromatic rings. The lowest BCUT2D eigenvalue weighted by atomic mass is 10.0. The molecule has 1 aromatic carbocycles. The van der Waals surface area contributed by atoms with E-state index in [1.54, 1.807) is 0 Å². The third-order valence-electron chi connectivity index (χ3n) is 3.37. The summed E-state index contributed by atoms with van der Waals surface area (Å²) in [5, 5.41) is 4.44. The molecule has 0 saturated carbocycles. The van der Waals surface area contributed by atoms with E-state index in [4.69, 9.17) is 0 Å². The number of benzene rings is 1. The van der Waals surface area contributed by atoms with Gasteiger partial charge in [0.25, 0.3) is 0 Å². The van der Waals surface area contributed by atoms with E-state index >= 15 is 0 Å². The van der Waals surface area contributed by atoms with Gasteiger partial charge in [0.2, 0.25) is 0 Å². The van der Waals surface area contributed by atoms with Gasteiger partial charge in [-0.15, -0.1) is 0 Å². The van der Waals surface area contributed by atoms with Crippen LogP contribution in [0.4, 0.5) is 0 Å². The molecule has 16 heavy (non-hydrogen) atoms. The Labute approximate surface area is 103 Å². The van der Waals surface area contributed by atoms with Gasteiger partial charge in [-0.05, 0) is 18.9 Å². The Kier molecular flexibility index (Phi) is 3.93. The highest BCUT2D eigenvalue weighted by molar-refractivity contribution is 8.00. The molecule has 1 heterocycles. The van der Waals surface area contributed by atoms with Crippen LogP contribution in [0, 0.1) is 6.92 Å². The molecule has 0 spiro atoms. The second-order valence-corrected chi connectivity index (χ2v) is 6.11. The Morgan fingerprint density at radius 2 is 2.00 bits per heavy atom. The fourth-order valence-corrected chi connectivity index (χ4v) is 3.47. The van der Waals surface area contributed by atoms with Gasteiger partial charge in [0.05, 0.1) is 0 Å². The van der Waals surface area contributed by atoms with Gasteiger partial charge >= 0.3 is 0 Å². The van der Waals surface area contributed by atoms with E-state index in [1.165, 1.54) is 23.3 Å². The van der Waals surface area contributed by atoms with Crippen molar-refractivity contribution in [2.75, 3.05) is 5.75 Å². The number of hydrogen-bond donors (Lipinski definition) is 1. The lowest BCUT2D eigenvalue weighted by Crippen LogP contribution is -2.43. The molecule has 0 aromatic heterocycles. The lowest BCUT2D eigenvalue weighted by Gasteiger charge is -2.35. The van der Waals surface area contributed by atoms with Crippen molar-refractivity contribution in [2.24, 2.45) is 0 Å². The molecule has 1 fully saturated rings. The summed E-state index contributed by atoms with van der Waals surface area (Å²) in [6.07, 6.45) is 1.22. The van der Waals surface area contributed by atoms with Crippen LogP contribution >= 0.6 is 11.8 Å². The minimum absolute atomic E-state index is 0.518. The Bertz CT molecular complexity index is 333. The van der Waals surface area contributed by atoms with Crippen LogP contribution in [0.5, 0.6) is 0 Å². The van der Waals surface area contributed by atoms with Crippen molar-refractivity contribution >= 4 is 11.8 Å². The normalized spacial score (nSPS) is 30.3. The van der Waals surface area contributed by atoms with Crippen LogP contribution in [0.3, 0.4) is 0 Å². The third kappa shape index (κ3) is 2.61. The van der Waals surface area contributed by atoms with Crippen LogP contribution in [0.15, 0.2) is 24.3 Å². The molecule has 2 heteroatoms. The Morgan fingerprint density at radius 1 is 1.31 bits per heavy atom. The number of rotatable bonds is 2. The second-order valence-electron chi connectivity index (χ2n) is 4.70. The minimum atomic E-state index is 0.518. The molecule has 3 atom stereocenters. The zero-order valence-corrected chi connectivity index (χ0v) is 11.2. The Balaban J connectivity index is 2.14. The van der Waals surface area contributed by atoms with Gasteiger partial charge < -0.3 is 5.32 Å². The van der Waals surface area contributed by atoms with Gasteiger partial charge in [0, 0.05) is 23.1 Å². The van der Waals surface area contributed by atoms with Crippen molar-refractivity contribution < 1.29 is 0 Å². The van der Waals surface area contributed by atoms with E-state index in [0.29, 0.717) is 17.3 Å². The SMILES string of the molecule is CCC1CSC(C)C(c2ccc(C)cc2)N1. The van der Waals surface area contributed by atoms with Crippen LogP contribution in [0.1, 0.15) is 37.4 Å². The largest absolute Gasteiger partial charge is 0.305 e. The number of thioether (sulfide) groups is 1. The molecule has 0 radical (unpaired) electrons. The first-order valence-electron chi connectivity index (χ1n) is 6.15. The van der Waals surface area contributed by atoms with E-state index in [9.17, 15) is 0 Å². The van der Waals surface area contributed by atoms with Crippen LogP contribution in [0.2, 0.25) is 0 Å². The molecule has 0 aliphatic carbocycles. The maximum Gasteiger partial charge on any atom is 0.0440 e. The minimum Gasteiger partial charge on any atom is -0.305 e. The summed E-state index contributed by atoms with van der Waals surface area (Å²) in [6, 6.07) is 10.1. The summed E-state index contributed by atoms with van der Waals surface area (Å²) in [6.45, 7) is 6.74. The second kappa shape index (κ2) is 5.24. The topological polar surface area (TPSA) is 12.0 Å². The molecule has 1 aliphatic rings. The standard InChI is InChI=1S/C14H21NS/c1-4-13-9-16-11(3)14(15-13)12-7-5-10(2)6-8-12/h5-8,11,13-15H,4,9H2,1-3H3. The summed E-state index contributed by atoms with van der Waals surface area (Å²) < 4.78 is 0. The fraction of sp³-hybridized carbons (Fsp3) is 0.571. The maximum atomic E-state index is 3.77. The highest BCUT2D eigenvalue weighted by Gasteiger charge is 2.27. The third-order valence-corrected chi connectivity index (χ3v) is 4.77. The van der Waals surface area contributed by atoms with Crippen molar-refractivity contribution in [3.63, 3.8) is 0 Å². The molecule has 0 bridgehead atoms. The maximum absolute atomic E-state index is 3.77. The van der Waals surface area contributed by atoms with Crippen molar-refractivity contribution in [1.29, 1.82) is 0 Å². The Morgan fingerprint density at radius 3 is 2.62 bits per heavy atom. The smallest absolute Gasteiger partial charge is 0.0440 e. The average molecular weight is 235 g/mol. The van der Waals surface area contributed by atoms with Crippen LogP contribution in [0.25, 0.3) is 0 Å². The number of aryl methyl sites for hydroxylation is 1. The van der Waals surface area contributed by atoms with Crippen LogP contribution in [-0.2, 0) is 0 Å². The van der Waals surface area contributed by atoms with Gasteiger partial charge in [-0.25, -0.2) is 0 Å². The first-order chi connectivity index (χ1) is 7.70. The van der Waals surface area contributed by atoms with E-state index in [-0.39, 0.29) is 0 Å². The zero-order valence-electron chi connectivity index (χ0n) is 10.4. The van der Waals surface area contributed by atoms with Gasteiger partial charge in [0.15, 0.2) is 0 Å². The zero-order chi connectivity index (χ0) is 11.5. The van der Waals surface area contributed by atoms with Gasteiger partial charge in [-0.2, -0.15) is 11.8 Å². The van der Waals surface area contributed by atoms with E-state index in [2.05, 4.69) is 62.1 Å². The molecule has 1 nitrogen and oxygen atoms in total. The monoisotopic (exact) mass is 235 g/mol. The highest BCUT2D eigenvalue weighted by atomic mass is 32.2. The molecule has 0 amide bonds. The first-order valence-corrected chi connectivity index (χ1v) is 7.19. The van der Waals surface area contributed by atoms with E-state index < -0.39 is 0 Å². The van der Waals surface area contributed by atoms with Crippen molar-refractivity contribution in [3.05, 3.63) is 35.4 Å². The quantitative estimate of drug-likeness (QED) is 0.841. The lowest BCUT2D eigenvalue weighted by molar-refractivity contribution is 0.432. The summed E-state index contributed by atoms with van der Waals surface area (Å²) in [5.74, 6) is 1.25. The molecule has 3 unspecified atom stereocenters.